The van der Waals surface area contributed by atoms with Crippen molar-refractivity contribution in [1.82, 2.24) is 5.32 Å². The first-order chi connectivity index (χ1) is 8.08. The molecule has 0 aromatic heterocycles. The average molecular weight is 298 g/mol. The lowest BCUT2D eigenvalue weighted by molar-refractivity contribution is 0.341. The fourth-order valence-electron chi connectivity index (χ4n) is 1.43. The summed E-state index contributed by atoms with van der Waals surface area (Å²) in [5, 5.41) is 3.22. The van der Waals surface area contributed by atoms with Gasteiger partial charge in [0.15, 0.2) is 0 Å². The van der Waals surface area contributed by atoms with Crippen molar-refractivity contribution in [2.75, 3.05) is 13.7 Å². The molecule has 0 saturated carbocycles. The highest BCUT2D eigenvalue weighted by atomic mass is 79.9. The summed E-state index contributed by atoms with van der Waals surface area (Å²) in [7, 11) is 1.95. The van der Waals surface area contributed by atoms with E-state index in [-0.39, 0.29) is 6.04 Å². The largest absolute Gasteiger partial charge is 0.489 e. The second kappa shape index (κ2) is 6.82. The Hall–Kier alpha value is -0.800. The third kappa shape index (κ3) is 4.17. The van der Waals surface area contributed by atoms with E-state index in [4.69, 9.17) is 4.74 Å². The lowest BCUT2D eigenvalue weighted by atomic mass is 10.1. The minimum atomic E-state index is 0.271. The Balaban J connectivity index is 2.87. The van der Waals surface area contributed by atoms with E-state index in [1.807, 2.05) is 19.2 Å². The summed E-state index contributed by atoms with van der Waals surface area (Å²) < 4.78 is 6.85. The van der Waals surface area contributed by atoms with Crippen LogP contribution in [0.15, 0.2) is 34.8 Å². The van der Waals surface area contributed by atoms with E-state index in [2.05, 4.69) is 47.7 Å². The van der Waals surface area contributed by atoms with Gasteiger partial charge in [-0.15, -0.1) is 0 Å². The van der Waals surface area contributed by atoms with Gasteiger partial charge in [-0.05, 0) is 38.1 Å². The van der Waals surface area contributed by atoms with Gasteiger partial charge < -0.3 is 10.1 Å². The first-order valence-corrected chi connectivity index (χ1v) is 6.64. The molecule has 0 saturated heterocycles. The Morgan fingerprint density at radius 1 is 1.53 bits per heavy atom. The van der Waals surface area contributed by atoms with E-state index < -0.39 is 0 Å². The summed E-state index contributed by atoms with van der Waals surface area (Å²) >= 11 is 3.47. The Morgan fingerprint density at radius 3 is 2.82 bits per heavy atom. The van der Waals surface area contributed by atoms with Gasteiger partial charge in [-0.1, -0.05) is 35.5 Å². The fourth-order valence-corrected chi connectivity index (χ4v) is 1.77. The molecule has 1 rings (SSSR count). The summed E-state index contributed by atoms with van der Waals surface area (Å²) in [5.41, 5.74) is 2.27. The maximum Gasteiger partial charge on any atom is 0.125 e. The van der Waals surface area contributed by atoms with Crippen LogP contribution in [0, 0.1) is 0 Å². The third-order valence-corrected chi connectivity index (χ3v) is 3.30. The normalized spacial score (nSPS) is 12.2. The molecule has 0 fully saturated rings. The maximum absolute atomic E-state index is 5.82. The molecule has 3 heteroatoms. The summed E-state index contributed by atoms with van der Waals surface area (Å²) in [6.07, 6.45) is 0.949. The molecule has 1 unspecified atom stereocenters. The molecular weight excluding hydrogens is 278 g/mol. The molecule has 0 heterocycles. The molecule has 1 aromatic carbocycles. The fraction of sp³-hybridized carbons (Fsp3) is 0.429. The molecule has 0 aliphatic heterocycles. The van der Waals surface area contributed by atoms with Gasteiger partial charge in [0.1, 0.15) is 12.4 Å². The monoisotopic (exact) mass is 297 g/mol. The quantitative estimate of drug-likeness (QED) is 0.799. The Bertz CT molecular complexity index is 390. The highest BCUT2D eigenvalue weighted by molar-refractivity contribution is 9.10. The predicted octanol–water partition coefficient (Wildman–Crippen LogP) is 4.07. The van der Waals surface area contributed by atoms with Crippen LogP contribution in [0.25, 0.3) is 0 Å². The average Bonchev–Trinajstić information content (AvgIpc) is 2.35. The topological polar surface area (TPSA) is 21.3 Å². The van der Waals surface area contributed by atoms with Gasteiger partial charge >= 0.3 is 0 Å². The molecular formula is C14H20BrNO. The van der Waals surface area contributed by atoms with Gasteiger partial charge in [0.2, 0.25) is 0 Å². The number of benzene rings is 1. The number of rotatable bonds is 6. The second-order valence-electron chi connectivity index (χ2n) is 4.08. The van der Waals surface area contributed by atoms with Gasteiger partial charge in [-0.25, -0.2) is 0 Å². The summed E-state index contributed by atoms with van der Waals surface area (Å²) in [5.74, 6) is 0.913. The molecule has 0 spiro atoms. The first kappa shape index (κ1) is 14.3. The van der Waals surface area contributed by atoms with E-state index in [0.717, 1.165) is 22.2 Å². The van der Waals surface area contributed by atoms with Crippen molar-refractivity contribution in [3.05, 3.63) is 40.4 Å². The van der Waals surface area contributed by atoms with Gasteiger partial charge in [0.05, 0.1) is 0 Å². The number of ether oxygens (including phenoxy) is 1. The summed E-state index contributed by atoms with van der Waals surface area (Å²) in [6.45, 7) is 8.74. The molecule has 0 radical (unpaired) electrons. The van der Waals surface area contributed by atoms with E-state index in [0.29, 0.717) is 6.61 Å². The number of hydrogen-bond donors (Lipinski definition) is 1. The zero-order chi connectivity index (χ0) is 12.8. The molecule has 0 aliphatic carbocycles. The summed E-state index contributed by atoms with van der Waals surface area (Å²) in [6, 6.07) is 6.39. The van der Waals surface area contributed by atoms with Crippen LogP contribution in [0.5, 0.6) is 5.75 Å². The van der Waals surface area contributed by atoms with Crippen LogP contribution >= 0.6 is 15.9 Å². The molecule has 0 bridgehead atoms. The van der Waals surface area contributed by atoms with Crippen molar-refractivity contribution in [1.29, 1.82) is 0 Å². The molecule has 1 N–H and O–H groups in total. The van der Waals surface area contributed by atoms with Crippen molar-refractivity contribution >= 4 is 15.9 Å². The van der Waals surface area contributed by atoms with Gasteiger partial charge in [-0.3, -0.25) is 0 Å². The highest BCUT2D eigenvalue weighted by Crippen LogP contribution is 2.28. The minimum Gasteiger partial charge on any atom is -0.489 e. The maximum atomic E-state index is 5.82. The molecule has 0 amide bonds. The lowest BCUT2D eigenvalue weighted by Gasteiger charge is -2.17. The first-order valence-electron chi connectivity index (χ1n) is 5.84. The Labute approximate surface area is 112 Å². The SMILES string of the molecule is C=C(CC)COc1cc(Br)ccc1C(C)NC. The van der Waals surface area contributed by atoms with Crippen LogP contribution in [0.1, 0.15) is 31.9 Å². The van der Waals surface area contributed by atoms with Crippen LogP contribution in [0.4, 0.5) is 0 Å². The number of nitrogens with one attached hydrogen (secondary N) is 1. The van der Waals surface area contributed by atoms with Crippen molar-refractivity contribution in [2.45, 2.75) is 26.3 Å². The summed E-state index contributed by atoms with van der Waals surface area (Å²) in [4.78, 5) is 0. The standard InChI is InChI=1S/C14H20BrNO/c1-5-10(2)9-17-14-8-12(15)6-7-13(14)11(3)16-4/h6-8,11,16H,2,5,9H2,1,3-4H3. The number of hydrogen-bond acceptors (Lipinski definition) is 2. The predicted molar refractivity (Wildman–Crippen MR) is 76.5 cm³/mol. The second-order valence-corrected chi connectivity index (χ2v) is 5.00. The van der Waals surface area contributed by atoms with Crippen LogP contribution in [0.2, 0.25) is 0 Å². The molecule has 2 nitrogen and oxygen atoms in total. The Morgan fingerprint density at radius 2 is 2.24 bits per heavy atom. The Kier molecular flexibility index (Phi) is 5.72. The van der Waals surface area contributed by atoms with Crippen molar-refractivity contribution < 1.29 is 4.74 Å². The molecule has 1 aromatic rings. The van der Waals surface area contributed by atoms with Gasteiger partial charge in [-0.2, -0.15) is 0 Å². The zero-order valence-corrected chi connectivity index (χ0v) is 12.3. The van der Waals surface area contributed by atoms with Gasteiger partial charge in [0.25, 0.3) is 0 Å². The molecule has 1 atom stereocenters. The molecule has 94 valence electrons. The third-order valence-electron chi connectivity index (χ3n) is 2.81. The minimum absolute atomic E-state index is 0.271. The van der Waals surface area contributed by atoms with Crippen LogP contribution < -0.4 is 10.1 Å². The van der Waals surface area contributed by atoms with Crippen molar-refractivity contribution in [3.63, 3.8) is 0 Å². The van der Waals surface area contributed by atoms with Crippen LogP contribution in [-0.2, 0) is 0 Å². The van der Waals surface area contributed by atoms with Crippen LogP contribution in [0.3, 0.4) is 0 Å². The molecule has 0 aliphatic rings. The lowest BCUT2D eigenvalue weighted by Crippen LogP contribution is -2.14. The van der Waals surface area contributed by atoms with E-state index in [1.165, 1.54) is 5.56 Å². The zero-order valence-electron chi connectivity index (χ0n) is 10.7. The van der Waals surface area contributed by atoms with Crippen LogP contribution in [-0.4, -0.2) is 13.7 Å². The van der Waals surface area contributed by atoms with Crippen molar-refractivity contribution in [3.8, 4) is 5.75 Å². The van der Waals surface area contributed by atoms with E-state index >= 15 is 0 Å². The smallest absolute Gasteiger partial charge is 0.125 e. The van der Waals surface area contributed by atoms with E-state index in [9.17, 15) is 0 Å². The van der Waals surface area contributed by atoms with Crippen molar-refractivity contribution in [2.24, 2.45) is 0 Å². The van der Waals surface area contributed by atoms with E-state index in [1.54, 1.807) is 0 Å². The van der Waals surface area contributed by atoms with Gasteiger partial charge in [0, 0.05) is 16.1 Å². The molecule has 17 heavy (non-hydrogen) atoms. The highest BCUT2D eigenvalue weighted by Gasteiger charge is 2.10. The number of halogens is 1.